The predicted octanol–water partition coefficient (Wildman–Crippen LogP) is 3.12. The van der Waals surface area contributed by atoms with Crippen LogP contribution in [-0.2, 0) is 0 Å². The molecule has 0 spiro atoms. The minimum absolute atomic E-state index is 0.570. The van der Waals surface area contributed by atoms with Crippen LogP contribution in [0, 0.1) is 6.92 Å². The molecule has 0 saturated heterocycles. The molecule has 0 aromatic heterocycles. The summed E-state index contributed by atoms with van der Waals surface area (Å²) >= 11 is 11.0. The largest absolute Gasteiger partial charge is 0.359 e. The molecule has 0 aliphatic heterocycles. The molecule has 0 aliphatic carbocycles. The molecular weight excluding hydrogens is 228 g/mol. The quantitative estimate of drug-likeness (QED) is 0.627. The lowest BCUT2D eigenvalue weighted by atomic mass is 10.2. The Bertz CT molecular complexity index is 377. The summed E-state index contributed by atoms with van der Waals surface area (Å²) in [5, 5.41) is 7.32. The molecule has 4 heteroatoms. The molecule has 0 unspecified atom stereocenters. The van der Waals surface area contributed by atoms with E-state index in [2.05, 4.69) is 17.2 Å². The van der Waals surface area contributed by atoms with Crippen LogP contribution in [0.1, 0.15) is 5.56 Å². The molecular formula is C11H13ClN2S. The van der Waals surface area contributed by atoms with E-state index in [1.54, 1.807) is 6.08 Å². The fourth-order valence-corrected chi connectivity index (χ4v) is 1.43. The van der Waals surface area contributed by atoms with E-state index in [1.165, 1.54) is 0 Å². The maximum atomic E-state index is 5.88. The van der Waals surface area contributed by atoms with Gasteiger partial charge in [0.05, 0.1) is 0 Å². The van der Waals surface area contributed by atoms with Crippen LogP contribution in [0.15, 0.2) is 30.9 Å². The number of nitrogens with one attached hydrogen (secondary N) is 2. The van der Waals surface area contributed by atoms with Crippen molar-refractivity contribution in [3.05, 3.63) is 41.4 Å². The summed E-state index contributed by atoms with van der Waals surface area (Å²) in [6, 6.07) is 5.64. The molecule has 2 nitrogen and oxygen atoms in total. The van der Waals surface area contributed by atoms with Crippen molar-refractivity contribution in [3.8, 4) is 0 Å². The number of hydrogen-bond donors (Lipinski definition) is 2. The third kappa shape index (κ3) is 3.90. The number of benzene rings is 1. The van der Waals surface area contributed by atoms with E-state index >= 15 is 0 Å². The molecule has 0 radical (unpaired) electrons. The standard InChI is InChI=1S/C11H13ClN2S/c1-3-6-13-11(15)14-10-7-9(12)5-4-8(10)2/h3-5,7H,1,6H2,2H3,(H2,13,14,15). The molecule has 1 aromatic rings. The van der Waals surface area contributed by atoms with E-state index in [0.717, 1.165) is 11.3 Å². The molecule has 0 bridgehead atoms. The average Bonchev–Trinajstić information content (AvgIpc) is 2.20. The Kier molecular flexibility index (Phi) is 4.59. The number of aryl methyl sites for hydroxylation is 1. The molecule has 0 aliphatic rings. The van der Waals surface area contributed by atoms with Crippen LogP contribution in [0.2, 0.25) is 5.02 Å². The Morgan fingerprint density at radius 1 is 1.60 bits per heavy atom. The summed E-state index contributed by atoms with van der Waals surface area (Å²) in [6.07, 6.45) is 1.75. The molecule has 0 heterocycles. The fraction of sp³-hybridized carbons (Fsp3) is 0.182. The van der Waals surface area contributed by atoms with Gasteiger partial charge >= 0.3 is 0 Å². The van der Waals surface area contributed by atoms with Gasteiger partial charge in [0.2, 0.25) is 0 Å². The van der Waals surface area contributed by atoms with Gasteiger partial charge in [0.1, 0.15) is 0 Å². The SMILES string of the molecule is C=CCNC(=S)Nc1cc(Cl)ccc1C. The van der Waals surface area contributed by atoms with Crippen LogP contribution in [0.5, 0.6) is 0 Å². The first-order valence-electron chi connectivity index (χ1n) is 4.55. The molecule has 1 rings (SSSR count). The minimum Gasteiger partial charge on any atom is -0.359 e. The number of thiocarbonyl (C=S) groups is 1. The highest BCUT2D eigenvalue weighted by Gasteiger charge is 2.00. The van der Waals surface area contributed by atoms with Crippen molar-refractivity contribution < 1.29 is 0 Å². The highest BCUT2D eigenvalue weighted by molar-refractivity contribution is 7.80. The third-order valence-corrected chi connectivity index (χ3v) is 2.34. The summed E-state index contributed by atoms with van der Waals surface area (Å²) in [7, 11) is 0. The van der Waals surface area contributed by atoms with Crippen molar-refractivity contribution in [1.29, 1.82) is 0 Å². The van der Waals surface area contributed by atoms with Crippen LogP contribution >= 0.6 is 23.8 Å². The smallest absolute Gasteiger partial charge is 0.171 e. The van der Waals surface area contributed by atoms with Crippen LogP contribution in [0.4, 0.5) is 5.69 Å². The van der Waals surface area contributed by atoms with Crippen LogP contribution in [-0.4, -0.2) is 11.7 Å². The summed E-state index contributed by atoms with van der Waals surface area (Å²) in [6.45, 7) is 6.24. The maximum Gasteiger partial charge on any atom is 0.171 e. The lowest BCUT2D eigenvalue weighted by molar-refractivity contribution is 1.06. The Morgan fingerprint density at radius 3 is 3.00 bits per heavy atom. The van der Waals surface area contributed by atoms with Gasteiger partial charge in [-0.2, -0.15) is 0 Å². The van der Waals surface area contributed by atoms with Crippen molar-refractivity contribution in [1.82, 2.24) is 5.32 Å². The van der Waals surface area contributed by atoms with E-state index in [1.807, 2.05) is 25.1 Å². The zero-order valence-electron chi connectivity index (χ0n) is 8.51. The monoisotopic (exact) mass is 240 g/mol. The first-order valence-corrected chi connectivity index (χ1v) is 5.34. The Hall–Kier alpha value is -1.06. The van der Waals surface area contributed by atoms with Gasteiger partial charge in [-0.1, -0.05) is 23.7 Å². The summed E-state index contributed by atoms with van der Waals surface area (Å²) in [4.78, 5) is 0. The van der Waals surface area contributed by atoms with E-state index in [4.69, 9.17) is 23.8 Å². The second-order valence-corrected chi connectivity index (χ2v) is 3.93. The number of halogens is 1. The Morgan fingerprint density at radius 2 is 2.33 bits per heavy atom. The zero-order valence-corrected chi connectivity index (χ0v) is 10.1. The summed E-state index contributed by atoms with van der Waals surface area (Å²) < 4.78 is 0. The Labute approximate surface area is 100 Å². The molecule has 2 N–H and O–H groups in total. The van der Waals surface area contributed by atoms with Gasteiger partial charge in [0.25, 0.3) is 0 Å². The number of hydrogen-bond acceptors (Lipinski definition) is 1. The minimum atomic E-state index is 0.570. The molecule has 0 amide bonds. The lowest BCUT2D eigenvalue weighted by Gasteiger charge is -2.11. The fourth-order valence-electron chi connectivity index (χ4n) is 1.06. The normalized spacial score (nSPS) is 9.47. The van der Waals surface area contributed by atoms with E-state index < -0.39 is 0 Å². The average molecular weight is 241 g/mol. The van der Waals surface area contributed by atoms with Crippen molar-refractivity contribution in [2.24, 2.45) is 0 Å². The van der Waals surface area contributed by atoms with Gasteiger partial charge in [-0.15, -0.1) is 6.58 Å². The van der Waals surface area contributed by atoms with Gasteiger partial charge in [0.15, 0.2) is 5.11 Å². The molecule has 15 heavy (non-hydrogen) atoms. The van der Waals surface area contributed by atoms with Crippen molar-refractivity contribution >= 4 is 34.6 Å². The number of rotatable bonds is 3. The second-order valence-electron chi connectivity index (χ2n) is 3.08. The molecule has 80 valence electrons. The van der Waals surface area contributed by atoms with E-state index in [0.29, 0.717) is 16.7 Å². The van der Waals surface area contributed by atoms with Crippen LogP contribution in [0.3, 0.4) is 0 Å². The second kappa shape index (κ2) is 5.73. The maximum absolute atomic E-state index is 5.88. The van der Waals surface area contributed by atoms with E-state index in [9.17, 15) is 0 Å². The number of anilines is 1. The van der Waals surface area contributed by atoms with Gasteiger partial charge in [-0.05, 0) is 36.8 Å². The van der Waals surface area contributed by atoms with Crippen LogP contribution < -0.4 is 10.6 Å². The van der Waals surface area contributed by atoms with E-state index in [-0.39, 0.29) is 0 Å². The highest BCUT2D eigenvalue weighted by Crippen LogP contribution is 2.19. The van der Waals surface area contributed by atoms with Crippen molar-refractivity contribution in [2.75, 3.05) is 11.9 Å². The van der Waals surface area contributed by atoms with Gasteiger partial charge < -0.3 is 10.6 Å². The molecule has 0 atom stereocenters. The highest BCUT2D eigenvalue weighted by atomic mass is 35.5. The van der Waals surface area contributed by atoms with Crippen LogP contribution in [0.25, 0.3) is 0 Å². The van der Waals surface area contributed by atoms with Gasteiger partial charge in [0, 0.05) is 17.3 Å². The van der Waals surface area contributed by atoms with Gasteiger partial charge in [-0.3, -0.25) is 0 Å². The first-order chi connectivity index (χ1) is 7.13. The topological polar surface area (TPSA) is 24.1 Å². The zero-order chi connectivity index (χ0) is 11.3. The molecule has 0 saturated carbocycles. The third-order valence-electron chi connectivity index (χ3n) is 1.85. The first kappa shape index (κ1) is 12.0. The molecule has 1 aromatic carbocycles. The predicted molar refractivity (Wildman–Crippen MR) is 70.6 cm³/mol. The summed E-state index contributed by atoms with van der Waals surface area (Å²) in [5.41, 5.74) is 2.02. The lowest BCUT2D eigenvalue weighted by Crippen LogP contribution is -2.28. The van der Waals surface area contributed by atoms with Crippen molar-refractivity contribution in [2.45, 2.75) is 6.92 Å². The summed E-state index contributed by atoms with van der Waals surface area (Å²) in [5.74, 6) is 0. The molecule has 0 fully saturated rings. The van der Waals surface area contributed by atoms with Gasteiger partial charge in [-0.25, -0.2) is 0 Å². The van der Waals surface area contributed by atoms with Crippen molar-refractivity contribution in [3.63, 3.8) is 0 Å². The Balaban J connectivity index is 2.67.